The molecule has 0 saturated heterocycles. The van der Waals surface area contributed by atoms with Crippen LogP contribution in [0.15, 0.2) is 106 Å². The smallest absolute Gasteiger partial charge is 0.346 e. The van der Waals surface area contributed by atoms with Gasteiger partial charge in [0.15, 0.2) is 5.01 Å². The second-order valence-corrected chi connectivity index (χ2v) is 10.8. The van der Waals surface area contributed by atoms with Gasteiger partial charge in [0.1, 0.15) is 17.1 Å². The molecule has 40 heavy (non-hydrogen) atoms. The van der Waals surface area contributed by atoms with Crippen molar-refractivity contribution in [3.63, 3.8) is 0 Å². The fourth-order valence-corrected chi connectivity index (χ4v) is 5.84. The maximum Gasteiger partial charge on any atom is 0.346 e. The van der Waals surface area contributed by atoms with Crippen LogP contribution in [0.5, 0.6) is 11.5 Å². The van der Waals surface area contributed by atoms with Crippen molar-refractivity contribution in [2.24, 2.45) is 0 Å². The number of anilines is 2. The van der Waals surface area contributed by atoms with E-state index in [1.54, 1.807) is 18.2 Å². The first kappa shape index (κ1) is 24.6. The number of hydrogen-bond acceptors (Lipinski definition) is 7. The molecule has 0 fully saturated rings. The van der Waals surface area contributed by atoms with Crippen LogP contribution in [0.1, 0.15) is 0 Å². The van der Waals surface area contributed by atoms with E-state index in [1.165, 1.54) is 11.3 Å². The Morgan fingerprint density at radius 3 is 2.35 bits per heavy atom. The molecule has 0 unspecified atom stereocenters. The molecule has 0 bridgehead atoms. The molecule has 0 saturated carbocycles. The van der Waals surface area contributed by atoms with Crippen LogP contribution in [0.3, 0.4) is 0 Å². The van der Waals surface area contributed by atoms with Crippen molar-refractivity contribution in [3.8, 4) is 22.1 Å². The maximum absolute atomic E-state index is 12.8. The summed E-state index contributed by atoms with van der Waals surface area (Å²) in [5.41, 5.74) is 1.10. The minimum absolute atomic E-state index is 0.353. The average Bonchev–Trinajstić information content (AvgIpc) is 3.43. The molecule has 6 nitrogen and oxygen atoms in total. The van der Waals surface area contributed by atoms with Crippen LogP contribution in [0.4, 0.5) is 10.8 Å². The lowest BCUT2D eigenvalue weighted by atomic mass is 10.0. The second kappa shape index (κ2) is 9.95. The Morgan fingerprint density at radius 2 is 1.50 bits per heavy atom. The van der Waals surface area contributed by atoms with Crippen molar-refractivity contribution in [1.29, 1.82) is 0 Å². The lowest BCUT2D eigenvalue weighted by Crippen LogP contribution is -2.02. The first-order valence-electron chi connectivity index (χ1n) is 12.2. The van der Waals surface area contributed by atoms with Crippen molar-refractivity contribution in [2.75, 3.05) is 5.32 Å². The van der Waals surface area contributed by atoms with Crippen LogP contribution < -0.4 is 15.7 Å². The number of benzene rings is 5. The van der Waals surface area contributed by atoms with Crippen LogP contribution in [-0.2, 0) is 0 Å². The van der Waals surface area contributed by atoms with Crippen LogP contribution in [0.2, 0.25) is 10.0 Å². The van der Waals surface area contributed by atoms with Gasteiger partial charge in [0.05, 0.1) is 10.6 Å². The molecule has 0 aliphatic carbocycles. The minimum Gasteiger partial charge on any atom is -0.455 e. The van der Waals surface area contributed by atoms with Crippen LogP contribution >= 0.6 is 34.5 Å². The number of nitrogens with one attached hydrogen (secondary N) is 1. The predicted molar refractivity (Wildman–Crippen MR) is 163 cm³/mol. The molecule has 1 N–H and O–H groups in total. The molecule has 2 heterocycles. The summed E-state index contributed by atoms with van der Waals surface area (Å²) in [6.07, 6.45) is 0. The fourth-order valence-electron chi connectivity index (χ4n) is 4.63. The molecule has 0 atom stereocenters. The third-order valence-corrected chi connectivity index (χ3v) is 8.03. The second-order valence-electron chi connectivity index (χ2n) is 9.02. The zero-order valence-corrected chi connectivity index (χ0v) is 22.8. The van der Waals surface area contributed by atoms with Crippen LogP contribution in [-0.4, -0.2) is 10.2 Å². The van der Waals surface area contributed by atoms with Gasteiger partial charge >= 0.3 is 5.63 Å². The van der Waals surface area contributed by atoms with Crippen molar-refractivity contribution < 1.29 is 9.15 Å². The number of hydrogen-bond donors (Lipinski definition) is 1. The van der Waals surface area contributed by atoms with E-state index in [1.807, 2.05) is 78.9 Å². The minimum atomic E-state index is -0.468. The maximum atomic E-state index is 12.8. The quantitative estimate of drug-likeness (QED) is 0.161. The number of aromatic nitrogens is 2. The Balaban J connectivity index is 1.16. The van der Waals surface area contributed by atoms with Crippen LogP contribution in [0.25, 0.3) is 43.1 Å². The summed E-state index contributed by atoms with van der Waals surface area (Å²) in [4.78, 5) is 12.8. The van der Waals surface area contributed by atoms with E-state index in [0.717, 1.165) is 26.9 Å². The monoisotopic (exact) mass is 581 g/mol. The number of fused-ring (bicyclic) bond motifs is 4. The van der Waals surface area contributed by atoms with Gasteiger partial charge in [-0.05, 0) is 53.2 Å². The third-order valence-electron chi connectivity index (χ3n) is 6.53. The lowest BCUT2D eigenvalue weighted by molar-refractivity contribution is 0.488. The van der Waals surface area contributed by atoms with E-state index in [4.69, 9.17) is 32.4 Å². The van der Waals surface area contributed by atoms with Gasteiger partial charge < -0.3 is 14.5 Å². The lowest BCUT2D eigenvalue weighted by Gasteiger charge is -2.12. The summed E-state index contributed by atoms with van der Waals surface area (Å²) in [6.45, 7) is 0. The highest BCUT2D eigenvalue weighted by molar-refractivity contribution is 7.18. The normalized spacial score (nSPS) is 11.3. The Bertz CT molecular complexity index is 2140. The molecule has 0 spiro atoms. The van der Waals surface area contributed by atoms with Gasteiger partial charge in [-0.25, -0.2) is 4.79 Å². The van der Waals surface area contributed by atoms with E-state index in [-0.39, 0.29) is 0 Å². The van der Waals surface area contributed by atoms with Gasteiger partial charge in [-0.1, -0.05) is 89.1 Å². The fraction of sp³-hybridized carbons (Fsp3) is 0. The molecule has 0 radical (unpaired) electrons. The van der Waals surface area contributed by atoms with Gasteiger partial charge in [0, 0.05) is 26.9 Å². The van der Waals surface area contributed by atoms with E-state index < -0.39 is 5.63 Å². The van der Waals surface area contributed by atoms with Gasteiger partial charge in [-0.2, -0.15) is 0 Å². The van der Waals surface area contributed by atoms with Crippen LogP contribution in [0, 0.1) is 0 Å². The summed E-state index contributed by atoms with van der Waals surface area (Å²) < 4.78 is 11.8. The van der Waals surface area contributed by atoms with Gasteiger partial charge in [-0.15, -0.1) is 10.2 Å². The van der Waals surface area contributed by atoms with Crippen molar-refractivity contribution >= 4 is 77.9 Å². The summed E-state index contributed by atoms with van der Waals surface area (Å²) in [7, 11) is 0. The summed E-state index contributed by atoms with van der Waals surface area (Å²) in [5, 5.41) is 18.4. The third kappa shape index (κ3) is 4.44. The molecule has 0 amide bonds. The predicted octanol–water partition coefficient (Wildman–Crippen LogP) is 9.46. The summed E-state index contributed by atoms with van der Waals surface area (Å²) in [6, 6.07) is 30.2. The highest BCUT2D eigenvalue weighted by atomic mass is 35.5. The molecule has 194 valence electrons. The molecule has 7 aromatic rings. The molecule has 7 rings (SSSR count). The topological polar surface area (TPSA) is 77.2 Å². The standard InChI is InChI=1S/C31H17Cl2N3O3S/c32-24-11-14-26(21-8-4-3-7-20(21)24)38-28-13-10-18(15-25(28)33)34-31-36-35-29(40-31)23-16-22-19-6-2-1-5-17(19)9-12-27(22)39-30(23)37/h1-16H,(H,34,36). The molecule has 9 heteroatoms. The first-order chi connectivity index (χ1) is 19.5. The Labute approximate surface area is 241 Å². The zero-order chi connectivity index (χ0) is 27.2. The van der Waals surface area contributed by atoms with Crippen molar-refractivity contribution in [2.45, 2.75) is 0 Å². The molecule has 0 aliphatic rings. The highest BCUT2D eigenvalue weighted by Gasteiger charge is 2.16. The van der Waals surface area contributed by atoms with E-state index in [9.17, 15) is 4.79 Å². The number of nitrogens with zero attached hydrogens (tertiary/aromatic N) is 2. The molecule has 2 aromatic heterocycles. The Kier molecular flexibility index (Phi) is 6.12. The van der Waals surface area contributed by atoms with Gasteiger partial charge in [0.2, 0.25) is 5.13 Å². The molecule has 5 aromatic carbocycles. The zero-order valence-electron chi connectivity index (χ0n) is 20.5. The SMILES string of the molecule is O=c1oc2ccc3ccccc3c2cc1-c1nnc(Nc2ccc(Oc3ccc(Cl)c4ccccc34)c(Cl)c2)s1. The van der Waals surface area contributed by atoms with E-state index in [0.29, 0.717) is 48.5 Å². The number of rotatable bonds is 5. The Hall–Kier alpha value is -4.43. The van der Waals surface area contributed by atoms with Crippen molar-refractivity contribution in [3.05, 3.63) is 118 Å². The largest absolute Gasteiger partial charge is 0.455 e. The highest BCUT2D eigenvalue weighted by Crippen LogP contribution is 2.38. The van der Waals surface area contributed by atoms with Gasteiger partial charge in [0.25, 0.3) is 0 Å². The number of halogens is 2. The summed E-state index contributed by atoms with van der Waals surface area (Å²) in [5.74, 6) is 1.15. The molecule has 0 aliphatic heterocycles. The Morgan fingerprint density at radius 1 is 0.725 bits per heavy atom. The van der Waals surface area contributed by atoms with Crippen molar-refractivity contribution in [1.82, 2.24) is 10.2 Å². The first-order valence-corrected chi connectivity index (χ1v) is 13.8. The van der Waals surface area contributed by atoms with Gasteiger partial charge in [-0.3, -0.25) is 0 Å². The molecular weight excluding hydrogens is 565 g/mol. The number of ether oxygens (including phenoxy) is 1. The summed E-state index contributed by atoms with van der Waals surface area (Å²) >= 11 is 14.2. The average molecular weight is 582 g/mol. The molecular formula is C31H17Cl2N3O3S. The van der Waals surface area contributed by atoms with E-state index in [2.05, 4.69) is 15.5 Å². The van der Waals surface area contributed by atoms with E-state index >= 15 is 0 Å².